The van der Waals surface area contributed by atoms with Crippen LogP contribution in [0, 0.1) is 11.6 Å². The molecule has 30 heavy (non-hydrogen) atoms. The van der Waals surface area contributed by atoms with Crippen molar-refractivity contribution in [3.05, 3.63) is 54.1 Å². The Bertz CT molecular complexity index is 1050. The molecule has 0 aliphatic carbocycles. The van der Waals surface area contributed by atoms with Gasteiger partial charge in [0, 0.05) is 17.3 Å². The zero-order chi connectivity index (χ0) is 21.8. The van der Waals surface area contributed by atoms with Gasteiger partial charge in [0.25, 0.3) is 0 Å². The number of hydrogen-bond donors (Lipinski definition) is 2. The van der Waals surface area contributed by atoms with Crippen LogP contribution in [0.2, 0.25) is 0 Å². The van der Waals surface area contributed by atoms with Crippen LogP contribution in [0.3, 0.4) is 0 Å². The number of nitrogens with two attached hydrogens (primary N) is 1. The normalized spacial score (nSPS) is 12.1. The molecule has 3 aromatic rings. The van der Waals surface area contributed by atoms with E-state index in [1.54, 1.807) is 6.92 Å². The van der Waals surface area contributed by atoms with Gasteiger partial charge in [0.2, 0.25) is 11.1 Å². The molecule has 0 aliphatic rings. The Hall–Kier alpha value is -3.28. The van der Waals surface area contributed by atoms with Crippen molar-refractivity contribution in [1.29, 1.82) is 0 Å². The lowest BCUT2D eigenvalue weighted by atomic mass is 10.2. The molecule has 1 aromatic heterocycles. The van der Waals surface area contributed by atoms with E-state index in [0.717, 1.165) is 28.6 Å². The molecule has 1 heterocycles. The number of hydrogen-bond acceptors (Lipinski definition) is 6. The predicted molar refractivity (Wildman–Crippen MR) is 103 cm³/mol. The minimum atomic E-state index is -2.93. The number of carbonyl (C=O) groups is 1. The third-order valence-corrected chi connectivity index (χ3v) is 4.90. The Kier molecular flexibility index (Phi) is 6.45. The number of carbonyl (C=O) groups excluding carboxylic acids is 1. The number of nitrogens with one attached hydrogen (secondary N) is 1. The molecule has 0 saturated carbocycles. The van der Waals surface area contributed by atoms with Gasteiger partial charge >= 0.3 is 6.61 Å². The molecule has 2 aromatic carbocycles. The lowest BCUT2D eigenvalue weighted by molar-refractivity contribution is -0.115. The van der Waals surface area contributed by atoms with Gasteiger partial charge in [-0.15, -0.1) is 10.2 Å². The van der Waals surface area contributed by atoms with Crippen molar-refractivity contribution in [3.63, 3.8) is 0 Å². The van der Waals surface area contributed by atoms with E-state index in [-0.39, 0.29) is 22.4 Å². The van der Waals surface area contributed by atoms with E-state index in [1.807, 2.05) is 0 Å². The number of ether oxygens (including phenoxy) is 1. The molecule has 1 atom stereocenters. The number of rotatable bonds is 7. The van der Waals surface area contributed by atoms with Crippen molar-refractivity contribution in [2.75, 3.05) is 11.2 Å². The molecule has 12 heteroatoms. The highest BCUT2D eigenvalue weighted by Crippen LogP contribution is 2.27. The summed E-state index contributed by atoms with van der Waals surface area (Å²) < 4.78 is 56.1. The summed E-state index contributed by atoms with van der Waals surface area (Å²) in [6.07, 6.45) is 0. The highest BCUT2D eigenvalue weighted by molar-refractivity contribution is 8.00. The second-order valence-electron chi connectivity index (χ2n) is 5.96. The second-order valence-corrected chi connectivity index (χ2v) is 7.27. The number of benzene rings is 2. The van der Waals surface area contributed by atoms with Gasteiger partial charge in [-0.3, -0.25) is 4.79 Å². The Morgan fingerprint density at radius 3 is 2.47 bits per heavy atom. The Morgan fingerprint density at radius 2 is 1.83 bits per heavy atom. The first kappa shape index (κ1) is 21.4. The molecular formula is C18H15F4N5O2S. The molecule has 1 amide bonds. The van der Waals surface area contributed by atoms with Crippen LogP contribution in [0.25, 0.3) is 11.4 Å². The summed E-state index contributed by atoms with van der Waals surface area (Å²) in [5, 5.41) is 9.87. The molecule has 0 aliphatic heterocycles. The van der Waals surface area contributed by atoms with Crippen LogP contribution in [0.1, 0.15) is 6.92 Å². The van der Waals surface area contributed by atoms with Gasteiger partial charge in [-0.2, -0.15) is 8.78 Å². The van der Waals surface area contributed by atoms with E-state index >= 15 is 0 Å². The topological polar surface area (TPSA) is 95.1 Å². The average Bonchev–Trinajstić information content (AvgIpc) is 3.05. The Labute approximate surface area is 172 Å². The van der Waals surface area contributed by atoms with Crippen molar-refractivity contribution in [1.82, 2.24) is 14.9 Å². The van der Waals surface area contributed by atoms with Gasteiger partial charge in [-0.05, 0) is 43.3 Å². The molecule has 0 saturated heterocycles. The van der Waals surface area contributed by atoms with Crippen LogP contribution < -0.4 is 15.9 Å². The van der Waals surface area contributed by atoms with Gasteiger partial charge in [-0.25, -0.2) is 13.5 Å². The zero-order valence-electron chi connectivity index (χ0n) is 15.4. The predicted octanol–water partition coefficient (Wildman–Crippen LogP) is 3.66. The van der Waals surface area contributed by atoms with E-state index < -0.39 is 29.4 Å². The minimum absolute atomic E-state index is 0.0195. The third-order valence-electron chi connectivity index (χ3n) is 3.84. The molecule has 3 N–H and O–H groups in total. The van der Waals surface area contributed by atoms with E-state index in [1.165, 1.54) is 30.3 Å². The number of amides is 1. The van der Waals surface area contributed by atoms with Crippen LogP contribution in [-0.4, -0.2) is 32.6 Å². The standard InChI is InChI=1S/C18H15F4N5O2S/c1-9(16(28)24-11-4-7-13(19)14(20)8-11)30-18-26-25-15(27(18)23)10-2-5-12(6-3-10)29-17(21)22/h2-9,17H,23H2,1H3,(H,24,28). The molecule has 7 nitrogen and oxygen atoms in total. The maximum atomic E-state index is 13.3. The highest BCUT2D eigenvalue weighted by Gasteiger charge is 2.20. The van der Waals surface area contributed by atoms with E-state index in [4.69, 9.17) is 5.84 Å². The fourth-order valence-corrected chi connectivity index (χ4v) is 3.14. The van der Waals surface area contributed by atoms with Crippen molar-refractivity contribution in [2.45, 2.75) is 23.9 Å². The van der Waals surface area contributed by atoms with E-state index in [0.29, 0.717) is 5.56 Å². The first-order valence-electron chi connectivity index (χ1n) is 8.43. The number of alkyl halides is 2. The number of nitrogen functional groups attached to an aromatic ring is 1. The molecule has 0 spiro atoms. The Balaban J connectivity index is 1.67. The largest absolute Gasteiger partial charge is 0.435 e. The summed E-state index contributed by atoms with van der Waals surface area (Å²) >= 11 is 0.993. The molecule has 158 valence electrons. The van der Waals surface area contributed by atoms with Gasteiger partial charge in [-0.1, -0.05) is 11.8 Å². The van der Waals surface area contributed by atoms with Crippen molar-refractivity contribution in [3.8, 4) is 17.1 Å². The fraction of sp³-hybridized carbons (Fsp3) is 0.167. The molecular weight excluding hydrogens is 426 g/mol. The number of aromatic nitrogens is 3. The van der Waals surface area contributed by atoms with Crippen molar-refractivity contribution >= 4 is 23.4 Å². The van der Waals surface area contributed by atoms with E-state index in [2.05, 4.69) is 20.3 Å². The van der Waals surface area contributed by atoms with Crippen molar-refractivity contribution in [2.24, 2.45) is 0 Å². The SMILES string of the molecule is CC(Sc1nnc(-c2ccc(OC(F)F)cc2)n1N)C(=O)Nc1ccc(F)c(F)c1. The van der Waals surface area contributed by atoms with Gasteiger partial charge in [0.15, 0.2) is 17.5 Å². The lowest BCUT2D eigenvalue weighted by Crippen LogP contribution is -2.23. The maximum absolute atomic E-state index is 13.3. The van der Waals surface area contributed by atoms with E-state index in [9.17, 15) is 22.4 Å². The number of halogens is 4. The quantitative estimate of drug-likeness (QED) is 0.330. The smallest absolute Gasteiger partial charge is 0.387 e. The fourth-order valence-electron chi connectivity index (χ4n) is 2.37. The first-order chi connectivity index (χ1) is 14.2. The van der Waals surface area contributed by atoms with Crippen LogP contribution in [0.4, 0.5) is 23.2 Å². The summed E-state index contributed by atoms with van der Waals surface area (Å²) in [5.74, 6) is 3.63. The number of anilines is 1. The van der Waals surface area contributed by atoms with Crippen LogP contribution in [-0.2, 0) is 4.79 Å². The van der Waals surface area contributed by atoms with Gasteiger partial charge in [0.05, 0.1) is 5.25 Å². The van der Waals surface area contributed by atoms with Gasteiger partial charge in [0.1, 0.15) is 5.75 Å². The van der Waals surface area contributed by atoms with Gasteiger partial charge < -0.3 is 15.9 Å². The average molecular weight is 441 g/mol. The summed E-state index contributed by atoms with van der Waals surface area (Å²) in [6.45, 7) is -1.36. The number of nitrogens with zero attached hydrogens (tertiary/aromatic N) is 3. The van der Waals surface area contributed by atoms with Crippen LogP contribution in [0.5, 0.6) is 5.75 Å². The summed E-state index contributed by atoms with van der Waals surface area (Å²) in [5.41, 5.74) is 0.602. The third kappa shape index (κ3) is 5.00. The second kappa shape index (κ2) is 9.03. The number of thioether (sulfide) groups is 1. The summed E-state index contributed by atoms with van der Waals surface area (Å²) in [6, 6.07) is 8.65. The molecule has 3 rings (SSSR count). The molecule has 1 unspecified atom stereocenters. The molecule has 0 bridgehead atoms. The first-order valence-corrected chi connectivity index (χ1v) is 9.31. The molecule has 0 radical (unpaired) electrons. The maximum Gasteiger partial charge on any atom is 0.387 e. The minimum Gasteiger partial charge on any atom is -0.435 e. The van der Waals surface area contributed by atoms with Crippen LogP contribution >= 0.6 is 11.8 Å². The van der Waals surface area contributed by atoms with Crippen molar-refractivity contribution < 1.29 is 27.1 Å². The lowest BCUT2D eigenvalue weighted by Gasteiger charge is -2.12. The Morgan fingerprint density at radius 1 is 1.13 bits per heavy atom. The summed E-state index contributed by atoms with van der Waals surface area (Å²) in [7, 11) is 0. The van der Waals surface area contributed by atoms with Crippen LogP contribution in [0.15, 0.2) is 47.6 Å². The monoisotopic (exact) mass is 441 g/mol. The zero-order valence-corrected chi connectivity index (χ0v) is 16.2. The summed E-state index contributed by atoms with van der Waals surface area (Å²) in [4.78, 5) is 12.3. The molecule has 0 fully saturated rings. The highest BCUT2D eigenvalue weighted by atomic mass is 32.2.